The Bertz CT molecular complexity index is 362. The lowest BCUT2D eigenvalue weighted by molar-refractivity contribution is 0.0597. The first-order valence-corrected chi connectivity index (χ1v) is 4.13. The van der Waals surface area contributed by atoms with E-state index in [0.29, 0.717) is 5.75 Å². The van der Waals surface area contributed by atoms with Gasteiger partial charge in [0.05, 0.1) is 14.2 Å². The Morgan fingerprint density at radius 2 is 2.07 bits per heavy atom. The van der Waals surface area contributed by atoms with Gasteiger partial charge in [-0.1, -0.05) is 11.6 Å². The minimum absolute atomic E-state index is 0.00426. The second kappa shape index (κ2) is 4.19. The molecule has 0 spiro atoms. The minimum Gasteiger partial charge on any atom is -0.505 e. The minimum atomic E-state index is -0.646. The molecule has 0 aliphatic carbocycles. The zero-order chi connectivity index (χ0) is 10.7. The number of rotatable bonds is 2. The fraction of sp³-hybridized carbons (Fsp3) is 0.222. The van der Waals surface area contributed by atoms with Gasteiger partial charge in [0.1, 0.15) is 16.3 Å². The van der Waals surface area contributed by atoms with Crippen LogP contribution >= 0.6 is 11.6 Å². The third-order valence-electron chi connectivity index (χ3n) is 1.71. The van der Waals surface area contributed by atoms with Gasteiger partial charge < -0.3 is 14.6 Å². The fourth-order valence-electron chi connectivity index (χ4n) is 0.978. The SMILES string of the molecule is COC(=O)c1ccc(OC)c(Cl)c1O. The summed E-state index contributed by atoms with van der Waals surface area (Å²) < 4.78 is 9.30. The van der Waals surface area contributed by atoms with Crippen LogP contribution in [-0.2, 0) is 4.74 Å². The third kappa shape index (κ3) is 1.75. The van der Waals surface area contributed by atoms with E-state index in [4.69, 9.17) is 16.3 Å². The quantitative estimate of drug-likeness (QED) is 0.767. The molecule has 0 amide bonds. The highest BCUT2D eigenvalue weighted by Gasteiger charge is 2.17. The summed E-state index contributed by atoms with van der Waals surface area (Å²) in [6.45, 7) is 0. The van der Waals surface area contributed by atoms with E-state index >= 15 is 0 Å². The number of carbonyl (C=O) groups is 1. The Labute approximate surface area is 86.0 Å². The fourth-order valence-corrected chi connectivity index (χ4v) is 1.22. The summed E-state index contributed by atoms with van der Waals surface area (Å²) in [5.74, 6) is -0.679. The van der Waals surface area contributed by atoms with E-state index in [9.17, 15) is 9.90 Å². The summed E-state index contributed by atoms with van der Waals surface area (Å²) in [5, 5.41) is 9.49. The van der Waals surface area contributed by atoms with Crippen molar-refractivity contribution in [1.82, 2.24) is 0 Å². The summed E-state index contributed by atoms with van der Waals surface area (Å²) >= 11 is 5.72. The molecule has 0 heterocycles. The number of esters is 1. The van der Waals surface area contributed by atoms with Crippen molar-refractivity contribution in [2.45, 2.75) is 0 Å². The summed E-state index contributed by atoms with van der Waals surface area (Å²) in [4.78, 5) is 11.1. The normalized spacial score (nSPS) is 9.64. The van der Waals surface area contributed by atoms with Crippen LogP contribution in [0.5, 0.6) is 11.5 Å². The molecule has 0 aliphatic heterocycles. The molecular formula is C9H9ClO4. The number of phenols is 1. The van der Waals surface area contributed by atoms with Crippen LogP contribution < -0.4 is 4.74 Å². The molecule has 76 valence electrons. The molecule has 14 heavy (non-hydrogen) atoms. The van der Waals surface area contributed by atoms with Crippen molar-refractivity contribution >= 4 is 17.6 Å². The van der Waals surface area contributed by atoms with Gasteiger partial charge in [0.2, 0.25) is 0 Å². The Balaban J connectivity index is 3.24. The second-order valence-electron chi connectivity index (χ2n) is 2.47. The van der Waals surface area contributed by atoms with Gasteiger partial charge >= 0.3 is 5.97 Å². The van der Waals surface area contributed by atoms with Crippen molar-refractivity contribution < 1.29 is 19.4 Å². The van der Waals surface area contributed by atoms with E-state index in [1.165, 1.54) is 26.4 Å². The Morgan fingerprint density at radius 3 is 2.57 bits per heavy atom. The molecule has 1 N–H and O–H groups in total. The van der Waals surface area contributed by atoms with Crippen molar-refractivity contribution in [3.05, 3.63) is 22.7 Å². The lowest BCUT2D eigenvalue weighted by Gasteiger charge is -2.07. The zero-order valence-corrected chi connectivity index (χ0v) is 8.46. The van der Waals surface area contributed by atoms with E-state index in [1.807, 2.05) is 0 Å². The standard InChI is InChI=1S/C9H9ClO4/c1-13-6-4-3-5(9(12)14-2)8(11)7(6)10/h3-4,11H,1-2H3. The highest BCUT2D eigenvalue weighted by Crippen LogP contribution is 2.35. The van der Waals surface area contributed by atoms with E-state index < -0.39 is 5.97 Å². The van der Waals surface area contributed by atoms with Gasteiger partial charge in [-0.3, -0.25) is 0 Å². The largest absolute Gasteiger partial charge is 0.505 e. The maximum atomic E-state index is 11.1. The monoisotopic (exact) mass is 216 g/mol. The lowest BCUT2D eigenvalue weighted by Crippen LogP contribution is -2.02. The molecule has 0 aromatic heterocycles. The lowest BCUT2D eigenvalue weighted by atomic mass is 10.2. The van der Waals surface area contributed by atoms with Gasteiger partial charge in [-0.25, -0.2) is 4.79 Å². The number of hydrogen-bond acceptors (Lipinski definition) is 4. The molecule has 0 unspecified atom stereocenters. The first-order chi connectivity index (χ1) is 6.61. The molecular weight excluding hydrogens is 208 g/mol. The average Bonchev–Trinajstić information content (AvgIpc) is 2.21. The highest BCUT2D eigenvalue weighted by atomic mass is 35.5. The molecule has 0 bridgehead atoms. The molecule has 1 aromatic carbocycles. The summed E-state index contributed by atoms with van der Waals surface area (Å²) in [6.07, 6.45) is 0. The number of hydrogen-bond donors (Lipinski definition) is 1. The number of methoxy groups -OCH3 is 2. The van der Waals surface area contributed by atoms with Crippen molar-refractivity contribution in [1.29, 1.82) is 0 Å². The third-order valence-corrected chi connectivity index (χ3v) is 2.07. The zero-order valence-electron chi connectivity index (χ0n) is 7.70. The maximum absolute atomic E-state index is 11.1. The van der Waals surface area contributed by atoms with Crippen LogP contribution in [0.3, 0.4) is 0 Å². The van der Waals surface area contributed by atoms with Crippen molar-refractivity contribution in [2.24, 2.45) is 0 Å². The van der Waals surface area contributed by atoms with Crippen LogP contribution in [0.4, 0.5) is 0 Å². The van der Waals surface area contributed by atoms with E-state index in [-0.39, 0.29) is 16.3 Å². The van der Waals surface area contributed by atoms with Crippen LogP contribution in [0.2, 0.25) is 5.02 Å². The first-order valence-electron chi connectivity index (χ1n) is 3.75. The average molecular weight is 217 g/mol. The Kier molecular flexibility index (Phi) is 3.19. The number of carbonyl (C=O) groups excluding carboxylic acids is 1. The molecule has 0 atom stereocenters. The van der Waals surface area contributed by atoms with Gasteiger partial charge in [0, 0.05) is 0 Å². The predicted octanol–water partition coefficient (Wildman–Crippen LogP) is 1.84. The van der Waals surface area contributed by atoms with Crippen LogP contribution in [0, 0.1) is 0 Å². The van der Waals surface area contributed by atoms with Crippen LogP contribution in [-0.4, -0.2) is 25.3 Å². The van der Waals surface area contributed by atoms with Crippen molar-refractivity contribution in [3.8, 4) is 11.5 Å². The molecule has 1 rings (SSSR count). The highest BCUT2D eigenvalue weighted by molar-refractivity contribution is 6.34. The number of aromatic hydroxyl groups is 1. The topological polar surface area (TPSA) is 55.8 Å². The van der Waals surface area contributed by atoms with E-state index in [0.717, 1.165) is 0 Å². The molecule has 0 radical (unpaired) electrons. The van der Waals surface area contributed by atoms with Crippen molar-refractivity contribution in [3.63, 3.8) is 0 Å². The van der Waals surface area contributed by atoms with Gasteiger partial charge in [0.15, 0.2) is 5.75 Å². The number of phenolic OH excluding ortho intramolecular Hbond substituents is 1. The molecule has 0 saturated carbocycles. The summed E-state index contributed by atoms with van der Waals surface area (Å²) in [5.41, 5.74) is 0.0123. The van der Waals surface area contributed by atoms with Gasteiger partial charge in [0.25, 0.3) is 0 Å². The summed E-state index contributed by atoms with van der Waals surface area (Å²) in [7, 11) is 2.64. The smallest absolute Gasteiger partial charge is 0.341 e. The van der Waals surface area contributed by atoms with Crippen LogP contribution in [0.15, 0.2) is 12.1 Å². The summed E-state index contributed by atoms with van der Waals surface area (Å²) in [6, 6.07) is 2.86. The molecule has 1 aromatic rings. The molecule has 4 nitrogen and oxygen atoms in total. The molecule has 5 heteroatoms. The Morgan fingerprint density at radius 1 is 1.43 bits per heavy atom. The number of benzene rings is 1. The van der Waals surface area contributed by atoms with Gasteiger partial charge in [-0.15, -0.1) is 0 Å². The maximum Gasteiger partial charge on any atom is 0.341 e. The van der Waals surface area contributed by atoms with Gasteiger partial charge in [-0.2, -0.15) is 0 Å². The number of halogens is 1. The second-order valence-corrected chi connectivity index (χ2v) is 2.85. The molecule has 0 aliphatic rings. The number of ether oxygens (including phenoxy) is 2. The van der Waals surface area contributed by atoms with Crippen LogP contribution in [0.1, 0.15) is 10.4 Å². The van der Waals surface area contributed by atoms with E-state index in [2.05, 4.69) is 4.74 Å². The predicted molar refractivity (Wildman–Crippen MR) is 51.0 cm³/mol. The molecule has 0 fully saturated rings. The van der Waals surface area contributed by atoms with E-state index in [1.54, 1.807) is 0 Å². The first kappa shape index (κ1) is 10.7. The molecule has 0 saturated heterocycles. The van der Waals surface area contributed by atoms with Crippen molar-refractivity contribution in [2.75, 3.05) is 14.2 Å². The van der Waals surface area contributed by atoms with Gasteiger partial charge in [-0.05, 0) is 12.1 Å². The van der Waals surface area contributed by atoms with Crippen LogP contribution in [0.25, 0.3) is 0 Å². The Hall–Kier alpha value is -1.42.